The Kier molecular flexibility index (Phi) is 5.03. The molecular weight excluding hydrogens is 352 g/mol. The lowest BCUT2D eigenvalue weighted by Crippen LogP contribution is -2.40. The molecule has 2 heterocycles. The topological polar surface area (TPSA) is 75.6 Å². The smallest absolute Gasteiger partial charge is 0.233 e. The molecule has 2 aliphatic heterocycles. The molecule has 0 saturated carbocycles. The monoisotopic (exact) mass is 370 g/mol. The highest BCUT2D eigenvalue weighted by atomic mass is 32.2. The molecule has 2 unspecified atom stereocenters. The predicted molar refractivity (Wildman–Crippen MR) is 97.1 cm³/mol. The molecule has 0 bridgehead atoms. The molecular formula is C15H18N2O3S3. The number of benzene rings is 1. The second-order valence-corrected chi connectivity index (χ2v) is 10.4. The molecule has 0 aliphatic carbocycles. The zero-order valence-electron chi connectivity index (χ0n) is 12.7. The highest BCUT2D eigenvalue weighted by Gasteiger charge is 2.30. The van der Waals surface area contributed by atoms with Crippen molar-refractivity contribution in [3.05, 3.63) is 29.8 Å². The summed E-state index contributed by atoms with van der Waals surface area (Å²) in [6.45, 7) is 1.83. The summed E-state index contributed by atoms with van der Waals surface area (Å²) in [6.07, 6.45) is 0.508. The van der Waals surface area contributed by atoms with Crippen LogP contribution in [0.3, 0.4) is 0 Å². The summed E-state index contributed by atoms with van der Waals surface area (Å²) in [5.74, 6) is 0.953. The minimum absolute atomic E-state index is 0.0548. The predicted octanol–water partition coefficient (Wildman–Crippen LogP) is 2.35. The second kappa shape index (κ2) is 6.86. The summed E-state index contributed by atoms with van der Waals surface area (Å²) in [4.78, 5) is 16.8. The van der Waals surface area contributed by atoms with Crippen molar-refractivity contribution in [3.63, 3.8) is 0 Å². The van der Waals surface area contributed by atoms with Crippen molar-refractivity contribution in [2.75, 3.05) is 11.5 Å². The van der Waals surface area contributed by atoms with E-state index >= 15 is 0 Å². The molecule has 1 aromatic rings. The number of thioether (sulfide) groups is 2. The summed E-state index contributed by atoms with van der Waals surface area (Å²) < 4.78 is 23.8. The van der Waals surface area contributed by atoms with Crippen LogP contribution in [0.2, 0.25) is 0 Å². The molecule has 0 spiro atoms. The number of nitrogens with zero attached hydrogens (tertiary/aromatic N) is 1. The summed E-state index contributed by atoms with van der Waals surface area (Å²) >= 11 is 3.06. The standard InChI is InChI=1S/C15H18N2O3S3/c1-10(14(18)16-12-6-7-23(19,20)9-12)22-15-17-13-5-3-2-4-11(13)8-21-15/h2-5,10,12H,6-9H2,1H3,(H,16,18). The summed E-state index contributed by atoms with van der Waals surface area (Å²) in [5.41, 5.74) is 2.17. The van der Waals surface area contributed by atoms with Gasteiger partial charge in [-0.25, -0.2) is 13.4 Å². The van der Waals surface area contributed by atoms with Crippen LogP contribution in [-0.4, -0.2) is 41.5 Å². The third-order valence-electron chi connectivity index (χ3n) is 3.78. The molecule has 5 nitrogen and oxygen atoms in total. The van der Waals surface area contributed by atoms with Gasteiger partial charge in [-0.15, -0.1) is 0 Å². The highest BCUT2D eigenvalue weighted by Crippen LogP contribution is 2.35. The molecule has 1 aromatic carbocycles. The van der Waals surface area contributed by atoms with Crippen molar-refractivity contribution in [1.29, 1.82) is 0 Å². The van der Waals surface area contributed by atoms with Crippen molar-refractivity contribution in [2.24, 2.45) is 4.99 Å². The van der Waals surface area contributed by atoms with Crippen LogP contribution < -0.4 is 5.32 Å². The minimum atomic E-state index is -2.98. The van der Waals surface area contributed by atoms with Crippen LogP contribution in [0.5, 0.6) is 0 Å². The van der Waals surface area contributed by atoms with Gasteiger partial charge in [0.05, 0.1) is 22.4 Å². The number of carbonyl (C=O) groups is 1. The maximum absolute atomic E-state index is 12.2. The normalized spacial score (nSPS) is 23.7. The quantitative estimate of drug-likeness (QED) is 0.884. The lowest BCUT2D eigenvalue weighted by molar-refractivity contribution is -0.120. The van der Waals surface area contributed by atoms with E-state index in [1.807, 2.05) is 25.1 Å². The van der Waals surface area contributed by atoms with Crippen LogP contribution in [-0.2, 0) is 20.4 Å². The Hall–Kier alpha value is -0.990. The molecule has 1 saturated heterocycles. The van der Waals surface area contributed by atoms with E-state index in [4.69, 9.17) is 0 Å². The van der Waals surface area contributed by atoms with Crippen molar-refractivity contribution >= 4 is 49.3 Å². The lowest BCUT2D eigenvalue weighted by atomic mass is 10.2. The number of aliphatic imine (C=N–C) groups is 1. The van der Waals surface area contributed by atoms with Gasteiger partial charge in [0, 0.05) is 11.8 Å². The fourth-order valence-electron chi connectivity index (χ4n) is 2.50. The maximum Gasteiger partial charge on any atom is 0.233 e. The van der Waals surface area contributed by atoms with Gasteiger partial charge in [0.2, 0.25) is 5.91 Å². The van der Waals surface area contributed by atoms with Crippen molar-refractivity contribution in [3.8, 4) is 0 Å². The average molecular weight is 371 g/mol. The van der Waals surface area contributed by atoms with Crippen LogP contribution in [0.15, 0.2) is 29.3 Å². The number of hydrogen-bond acceptors (Lipinski definition) is 6. The average Bonchev–Trinajstić information content (AvgIpc) is 2.86. The van der Waals surface area contributed by atoms with Gasteiger partial charge in [0.15, 0.2) is 9.84 Å². The Labute approximate surface area is 144 Å². The van der Waals surface area contributed by atoms with Gasteiger partial charge < -0.3 is 5.32 Å². The Balaban J connectivity index is 1.58. The van der Waals surface area contributed by atoms with Gasteiger partial charge in [-0.05, 0) is 25.0 Å². The molecule has 1 fully saturated rings. The molecule has 0 radical (unpaired) electrons. The zero-order valence-corrected chi connectivity index (χ0v) is 15.1. The molecule has 1 amide bonds. The third-order valence-corrected chi connectivity index (χ3v) is 7.84. The summed E-state index contributed by atoms with van der Waals surface area (Å²) in [5, 5.41) is 2.54. The van der Waals surface area contributed by atoms with Gasteiger partial charge in [-0.3, -0.25) is 4.79 Å². The Morgan fingerprint density at radius 2 is 2.22 bits per heavy atom. The number of sulfone groups is 1. The first-order valence-electron chi connectivity index (χ1n) is 7.40. The molecule has 1 N–H and O–H groups in total. The number of para-hydroxylation sites is 1. The Morgan fingerprint density at radius 1 is 1.43 bits per heavy atom. The lowest BCUT2D eigenvalue weighted by Gasteiger charge is -2.18. The number of carbonyl (C=O) groups excluding carboxylic acids is 1. The van der Waals surface area contributed by atoms with Crippen LogP contribution in [0, 0.1) is 0 Å². The van der Waals surface area contributed by atoms with Gasteiger partial charge in [0.25, 0.3) is 0 Å². The minimum Gasteiger partial charge on any atom is -0.351 e. The zero-order chi connectivity index (χ0) is 16.4. The molecule has 2 aliphatic rings. The number of rotatable bonds is 3. The van der Waals surface area contributed by atoms with Crippen LogP contribution in [0.1, 0.15) is 18.9 Å². The van der Waals surface area contributed by atoms with Crippen LogP contribution in [0.25, 0.3) is 0 Å². The van der Waals surface area contributed by atoms with E-state index in [9.17, 15) is 13.2 Å². The number of nitrogens with one attached hydrogen (secondary N) is 1. The van der Waals surface area contributed by atoms with E-state index in [-0.39, 0.29) is 28.7 Å². The number of amides is 1. The largest absolute Gasteiger partial charge is 0.351 e. The number of fused-ring (bicyclic) bond motifs is 1. The second-order valence-electron chi connectivity index (χ2n) is 5.66. The van der Waals surface area contributed by atoms with Gasteiger partial charge in [-0.1, -0.05) is 41.7 Å². The first-order chi connectivity index (χ1) is 10.9. The summed E-state index contributed by atoms with van der Waals surface area (Å²) in [6, 6.07) is 7.74. The Bertz CT molecular complexity index is 746. The first-order valence-corrected chi connectivity index (χ1v) is 11.1. The fourth-order valence-corrected chi connectivity index (χ4v) is 6.37. The van der Waals surface area contributed by atoms with E-state index in [2.05, 4.69) is 16.4 Å². The van der Waals surface area contributed by atoms with E-state index < -0.39 is 9.84 Å². The third kappa shape index (κ3) is 4.30. The van der Waals surface area contributed by atoms with Gasteiger partial charge in [-0.2, -0.15) is 0 Å². The van der Waals surface area contributed by atoms with E-state index in [0.29, 0.717) is 6.42 Å². The molecule has 8 heteroatoms. The SMILES string of the molecule is CC(SC1=Nc2ccccc2CS1)C(=O)NC1CCS(=O)(=O)C1. The number of hydrogen-bond donors (Lipinski definition) is 1. The summed E-state index contributed by atoms with van der Waals surface area (Å²) in [7, 11) is -2.98. The van der Waals surface area contributed by atoms with Crippen LogP contribution in [0.4, 0.5) is 5.69 Å². The molecule has 0 aromatic heterocycles. The Morgan fingerprint density at radius 3 is 2.96 bits per heavy atom. The van der Waals surface area contributed by atoms with Crippen molar-refractivity contribution in [1.82, 2.24) is 5.32 Å². The van der Waals surface area contributed by atoms with E-state index in [1.165, 1.54) is 17.3 Å². The van der Waals surface area contributed by atoms with Gasteiger partial charge >= 0.3 is 0 Å². The fraction of sp³-hybridized carbons (Fsp3) is 0.467. The van der Waals surface area contributed by atoms with Crippen molar-refractivity contribution < 1.29 is 13.2 Å². The highest BCUT2D eigenvalue weighted by molar-refractivity contribution is 8.39. The molecule has 124 valence electrons. The van der Waals surface area contributed by atoms with Crippen LogP contribution >= 0.6 is 23.5 Å². The molecule has 3 rings (SSSR count). The first kappa shape index (κ1) is 16.9. The molecule has 23 heavy (non-hydrogen) atoms. The van der Waals surface area contributed by atoms with Crippen molar-refractivity contribution in [2.45, 2.75) is 30.4 Å². The maximum atomic E-state index is 12.2. The van der Waals surface area contributed by atoms with Gasteiger partial charge in [0.1, 0.15) is 4.38 Å². The van der Waals surface area contributed by atoms with E-state index in [0.717, 1.165) is 15.8 Å². The molecule has 2 atom stereocenters. The van der Waals surface area contributed by atoms with E-state index in [1.54, 1.807) is 11.8 Å².